The number of pyridine rings is 1. The fourth-order valence-corrected chi connectivity index (χ4v) is 3.22. The van der Waals surface area contributed by atoms with Gasteiger partial charge < -0.3 is 9.88 Å². The minimum Gasteiger partial charge on any atom is -0.348 e. The third-order valence-electron chi connectivity index (χ3n) is 4.75. The number of nitrogens with one attached hydrogen (secondary N) is 1. The van der Waals surface area contributed by atoms with Gasteiger partial charge in [0.15, 0.2) is 11.5 Å². The standard InChI is InChI=1S/C21H19N5O/c27-21(23-16-9-10-16)19-18-8-4-5-11-26(18)20(24-19)17-13-25(14-22-17)12-15-6-2-1-3-7-15/h1-8,11,13-14,16H,9-10,12H2,(H,23,27). The first kappa shape index (κ1) is 15.8. The van der Waals surface area contributed by atoms with Gasteiger partial charge in [-0.05, 0) is 30.5 Å². The fraction of sp³-hybridized carbons (Fsp3) is 0.190. The molecular weight excluding hydrogens is 338 g/mol. The topological polar surface area (TPSA) is 64.2 Å². The highest BCUT2D eigenvalue weighted by Gasteiger charge is 2.27. The second kappa shape index (κ2) is 6.39. The molecule has 3 aromatic heterocycles. The second-order valence-electron chi connectivity index (χ2n) is 6.90. The Hall–Kier alpha value is -3.41. The minimum atomic E-state index is -0.115. The molecule has 1 aliphatic carbocycles. The van der Waals surface area contributed by atoms with Gasteiger partial charge in [0.2, 0.25) is 0 Å². The molecule has 4 aromatic rings. The first-order valence-corrected chi connectivity index (χ1v) is 9.12. The summed E-state index contributed by atoms with van der Waals surface area (Å²) in [6.07, 6.45) is 7.79. The molecule has 27 heavy (non-hydrogen) atoms. The number of rotatable bonds is 5. The molecule has 134 valence electrons. The predicted octanol–water partition coefficient (Wildman–Crippen LogP) is 3.14. The molecule has 1 saturated carbocycles. The van der Waals surface area contributed by atoms with Gasteiger partial charge >= 0.3 is 0 Å². The van der Waals surface area contributed by atoms with Gasteiger partial charge in [-0.2, -0.15) is 0 Å². The first-order chi connectivity index (χ1) is 13.3. The highest BCUT2D eigenvalue weighted by molar-refractivity contribution is 6.00. The van der Waals surface area contributed by atoms with Crippen LogP contribution in [0, 0.1) is 0 Å². The first-order valence-electron chi connectivity index (χ1n) is 9.12. The number of amides is 1. The zero-order valence-corrected chi connectivity index (χ0v) is 14.7. The van der Waals surface area contributed by atoms with Crippen molar-refractivity contribution in [3.8, 4) is 11.5 Å². The number of aromatic nitrogens is 4. The van der Waals surface area contributed by atoms with Crippen LogP contribution in [0.5, 0.6) is 0 Å². The molecule has 1 amide bonds. The Bertz CT molecular complexity index is 1110. The van der Waals surface area contributed by atoms with Crippen LogP contribution in [0.1, 0.15) is 28.9 Å². The zero-order valence-electron chi connectivity index (χ0n) is 14.7. The summed E-state index contributed by atoms with van der Waals surface area (Å²) in [7, 11) is 0. The summed E-state index contributed by atoms with van der Waals surface area (Å²) in [6.45, 7) is 0.742. The number of imidazole rings is 2. The summed E-state index contributed by atoms with van der Waals surface area (Å²) < 4.78 is 3.95. The molecule has 5 rings (SSSR count). The molecule has 3 heterocycles. The maximum atomic E-state index is 12.6. The van der Waals surface area contributed by atoms with Crippen molar-refractivity contribution in [2.75, 3.05) is 0 Å². The molecule has 1 N–H and O–H groups in total. The molecule has 6 nitrogen and oxygen atoms in total. The van der Waals surface area contributed by atoms with E-state index in [1.165, 1.54) is 5.56 Å². The van der Waals surface area contributed by atoms with Crippen molar-refractivity contribution in [3.63, 3.8) is 0 Å². The van der Waals surface area contributed by atoms with Crippen LogP contribution in [-0.4, -0.2) is 30.9 Å². The number of benzene rings is 1. The smallest absolute Gasteiger partial charge is 0.272 e. The van der Waals surface area contributed by atoms with Crippen molar-refractivity contribution in [2.24, 2.45) is 0 Å². The number of fused-ring (bicyclic) bond motifs is 1. The van der Waals surface area contributed by atoms with E-state index in [1.807, 2.05) is 57.8 Å². The summed E-state index contributed by atoms with van der Waals surface area (Å²) in [5.74, 6) is 0.564. The summed E-state index contributed by atoms with van der Waals surface area (Å²) in [4.78, 5) is 21.7. The van der Waals surface area contributed by atoms with E-state index < -0.39 is 0 Å². The average Bonchev–Trinajstić information content (AvgIpc) is 3.25. The van der Waals surface area contributed by atoms with E-state index in [2.05, 4.69) is 27.4 Å². The van der Waals surface area contributed by atoms with Crippen LogP contribution in [0.4, 0.5) is 0 Å². The van der Waals surface area contributed by atoms with Crippen LogP contribution >= 0.6 is 0 Å². The van der Waals surface area contributed by atoms with Crippen LogP contribution in [0.15, 0.2) is 67.3 Å². The second-order valence-corrected chi connectivity index (χ2v) is 6.90. The molecule has 0 radical (unpaired) electrons. The molecule has 1 aromatic carbocycles. The summed E-state index contributed by atoms with van der Waals surface area (Å²) in [5.41, 5.74) is 3.20. The highest BCUT2D eigenvalue weighted by atomic mass is 16.2. The SMILES string of the molecule is O=C(NC1CC1)c1nc(-c2cn(Cc3ccccc3)cn2)n2ccccc12. The van der Waals surface area contributed by atoms with E-state index in [0.717, 1.165) is 30.6 Å². The molecule has 0 spiro atoms. The number of hydrogen-bond donors (Lipinski definition) is 1. The monoisotopic (exact) mass is 357 g/mol. The Labute approximate surface area is 156 Å². The van der Waals surface area contributed by atoms with E-state index in [0.29, 0.717) is 17.6 Å². The van der Waals surface area contributed by atoms with E-state index in [4.69, 9.17) is 0 Å². The van der Waals surface area contributed by atoms with E-state index in [-0.39, 0.29) is 5.91 Å². The quantitative estimate of drug-likeness (QED) is 0.597. The van der Waals surface area contributed by atoms with E-state index in [9.17, 15) is 4.79 Å². The Kier molecular flexibility index (Phi) is 3.74. The van der Waals surface area contributed by atoms with Crippen molar-refractivity contribution in [1.82, 2.24) is 24.3 Å². The van der Waals surface area contributed by atoms with Gasteiger partial charge in [-0.15, -0.1) is 0 Å². The Morgan fingerprint density at radius 2 is 1.93 bits per heavy atom. The van der Waals surface area contributed by atoms with Crippen LogP contribution in [0.25, 0.3) is 17.0 Å². The van der Waals surface area contributed by atoms with Crippen LogP contribution in [0.2, 0.25) is 0 Å². The lowest BCUT2D eigenvalue weighted by atomic mass is 10.2. The third-order valence-corrected chi connectivity index (χ3v) is 4.75. The largest absolute Gasteiger partial charge is 0.348 e. The van der Waals surface area contributed by atoms with Gasteiger partial charge in [0.05, 0.1) is 11.8 Å². The fourth-order valence-electron chi connectivity index (χ4n) is 3.22. The van der Waals surface area contributed by atoms with Gasteiger partial charge in [-0.25, -0.2) is 9.97 Å². The van der Waals surface area contributed by atoms with Crippen LogP contribution in [-0.2, 0) is 6.54 Å². The number of carbonyl (C=O) groups excluding carboxylic acids is 1. The van der Waals surface area contributed by atoms with Gasteiger partial charge in [0.1, 0.15) is 5.69 Å². The highest BCUT2D eigenvalue weighted by Crippen LogP contribution is 2.24. The lowest BCUT2D eigenvalue weighted by Crippen LogP contribution is -2.25. The lowest BCUT2D eigenvalue weighted by molar-refractivity contribution is 0.0948. The molecule has 0 saturated heterocycles. The summed E-state index contributed by atoms with van der Waals surface area (Å²) in [5, 5.41) is 3.02. The molecule has 0 bridgehead atoms. The van der Waals surface area contributed by atoms with Crippen molar-refractivity contribution < 1.29 is 4.79 Å². The van der Waals surface area contributed by atoms with Gasteiger partial charge in [0.25, 0.3) is 5.91 Å². The maximum absolute atomic E-state index is 12.6. The zero-order chi connectivity index (χ0) is 18.2. The van der Waals surface area contributed by atoms with Crippen molar-refractivity contribution in [2.45, 2.75) is 25.4 Å². The van der Waals surface area contributed by atoms with Crippen LogP contribution in [0.3, 0.4) is 0 Å². The molecule has 1 aliphatic rings. The van der Waals surface area contributed by atoms with Gasteiger partial charge in [0, 0.05) is 25.0 Å². The molecule has 6 heteroatoms. The van der Waals surface area contributed by atoms with Crippen molar-refractivity contribution in [1.29, 1.82) is 0 Å². The summed E-state index contributed by atoms with van der Waals surface area (Å²) >= 11 is 0. The number of nitrogens with zero attached hydrogens (tertiary/aromatic N) is 4. The predicted molar refractivity (Wildman–Crippen MR) is 102 cm³/mol. The third kappa shape index (κ3) is 3.10. The Morgan fingerprint density at radius 3 is 2.74 bits per heavy atom. The molecule has 0 unspecified atom stereocenters. The van der Waals surface area contributed by atoms with Gasteiger partial charge in [-0.1, -0.05) is 36.4 Å². The Morgan fingerprint density at radius 1 is 1.11 bits per heavy atom. The van der Waals surface area contributed by atoms with E-state index >= 15 is 0 Å². The molecule has 1 fully saturated rings. The Balaban J connectivity index is 1.50. The maximum Gasteiger partial charge on any atom is 0.272 e. The molecule has 0 atom stereocenters. The molecular formula is C21H19N5O. The average molecular weight is 357 g/mol. The minimum absolute atomic E-state index is 0.115. The summed E-state index contributed by atoms with van der Waals surface area (Å²) in [6, 6.07) is 16.3. The normalized spacial score (nSPS) is 13.8. The van der Waals surface area contributed by atoms with E-state index in [1.54, 1.807) is 6.33 Å². The number of carbonyl (C=O) groups is 1. The van der Waals surface area contributed by atoms with Crippen LogP contribution < -0.4 is 5.32 Å². The van der Waals surface area contributed by atoms with Crippen molar-refractivity contribution in [3.05, 3.63) is 78.5 Å². The molecule has 0 aliphatic heterocycles. The van der Waals surface area contributed by atoms with Crippen molar-refractivity contribution >= 4 is 11.4 Å². The number of hydrogen-bond acceptors (Lipinski definition) is 3. The lowest BCUT2D eigenvalue weighted by Gasteiger charge is -2.01. The van der Waals surface area contributed by atoms with Gasteiger partial charge in [-0.3, -0.25) is 9.20 Å².